The van der Waals surface area contributed by atoms with Crippen LogP contribution in [0.1, 0.15) is 31.9 Å². The van der Waals surface area contributed by atoms with Gasteiger partial charge in [-0.3, -0.25) is 0 Å². The number of hydrogen-bond donors (Lipinski definition) is 0. The predicted molar refractivity (Wildman–Crippen MR) is 73.9 cm³/mol. The van der Waals surface area contributed by atoms with E-state index in [0.29, 0.717) is 12.0 Å². The molecule has 1 fully saturated rings. The van der Waals surface area contributed by atoms with Gasteiger partial charge in [0.05, 0.1) is 36.5 Å². The molecule has 4 rings (SSSR count). The lowest BCUT2D eigenvalue weighted by Gasteiger charge is -2.22. The van der Waals surface area contributed by atoms with Gasteiger partial charge in [0, 0.05) is 11.5 Å². The van der Waals surface area contributed by atoms with Crippen LogP contribution < -0.4 is 0 Å². The first-order valence-electron chi connectivity index (χ1n) is 6.91. The monoisotopic (exact) mass is 254 g/mol. The lowest BCUT2D eigenvalue weighted by atomic mass is 9.87. The van der Waals surface area contributed by atoms with Gasteiger partial charge in [-0.25, -0.2) is 4.98 Å². The van der Waals surface area contributed by atoms with Crippen molar-refractivity contribution in [3.05, 3.63) is 42.4 Å². The van der Waals surface area contributed by atoms with E-state index in [4.69, 9.17) is 4.74 Å². The van der Waals surface area contributed by atoms with Crippen molar-refractivity contribution in [3.63, 3.8) is 0 Å². The summed E-state index contributed by atoms with van der Waals surface area (Å²) in [5, 5.41) is 0. The molecule has 2 atom stereocenters. The molecule has 1 aromatic heterocycles. The van der Waals surface area contributed by atoms with Crippen LogP contribution in [0.25, 0.3) is 11.3 Å². The number of imidazole rings is 1. The number of hydrogen-bond acceptors (Lipinski definition) is 2. The quantitative estimate of drug-likeness (QED) is 0.781. The van der Waals surface area contributed by atoms with Crippen molar-refractivity contribution in [3.8, 4) is 11.3 Å². The maximum atomic E-state index is 5.94. The van der Waals surface area contributed by atoms with Gasteiger partial charge < -0.3 is 9.30 Å². The Morgan fingerprint density at radius 1 is 1.32 bits per heavy atom. The zero-order valence-electron chi connectivity index (χ0n) is 11.3. The molecule has 1 saturated heterocycles. The minimum atomic E-state index is 0.00292. The SMILES string of the molecule is CC1(C)C[C@@H]([C@@H]2c3ccccc3-c3cncn32)CO1. The third kappa shape index (κ3) is 1.58. The first-order chi connectivity index (χ1) is 9.16. The highest BCUT2D eigenvalue weighted by atomic mass is 16.5. The second kappa shape index (κ2) is 3.70. The van der Waals surface area contributed by atoms with Gasteiger partial charge >= 0.3 is 0 Å². The molecule has 2 aliphatic rings. The molecule has 2 aliphatic heterocycles. The van der Waals surface area contributed by atoms with Gasteiger partial charge in [0.25, 0.3) is 0 Å². The minimum Gasteiger partial charge on any atom is -0.375 e. The number of nitrogens with zero attached hydrogens (tertiary/aromatic N) is 2. The fraction of sp³-hybridized carbons (Fsp3) is 0.438. The predicted octanol–water partition coefficient (Wildman–Crippen LogP) is 3.27. The van der Waals surface area contributed by atoms with Gasteiger partial charge in [0.15, 0.2) is 0 Å². The highest BCUT2D eigenvalue weighted by Crippen LogP contribution is 2.47. The normalized spacial score (nSPS) is 27.3. The molecule has 0 aliphatic carbocycles. The van der Waals surface area contributed by atoms with E-state index in [1.54, 1.807) is 0 Å². The smallest absolute Gasteiger partial charge is 0.0956 e. The average molecular weight is 254 g/mol. The molecule has 0 amide bonds. The van der Waals surface area contributed by atoms with Crippen molar-refractivity contribution < 1.29 is 4.74 Å². The summed E-state index contributed by atoms with van der Waals surface area (Å²) in [6.07, 6.45) is 5.04. The lowest BCUT2D eigenvalue weighted by Crippen LogP contribution is -2.20. The largest absolute Gasteiger partial charge is 0.375 e. The van der Waals surface area contributed by atoms with Gasteiger partial charge in [-0.05, 0) is 25.8 Å². The molecule has 0 radical (unpaired) electrons. The lowest BCUT2D eigenvalue weighted by molar-refractivity contribution is 0.0343. The Morgan fingerprint density at radius 2 is 2.16 bits per heavy atom. The summed E-state index contributed by atoms with van der Waals surface area (Å²) in [5.74, 6) is 0.534. The van der Waals surface area contributed by atoms with Crippen molar-refractivity contribution in [2.24, 2.45) is 5.92 Å². The van der Waals surface area contributed by atoms with Gasteiger partial charge in [0.1, 0.15) is 0 Å². The molecule has 1 aromatic carbocycles. The Kier molecular flexibility index (Phi) is 2.19. The second-order valence-corrected chi connectivity index (χ2v) is 6.25. The van der Waals surface area contributed by atoms with Crippen LogP contribution in [0.3, 0.4) is 0 Å². The Hall–Kier alpha value is -1.61. The maximum Gasteiger partial charge on any atom is 0.0956 e. The number of ether oxygens (including phenoxy) is 1. The van der Waals surface area contributed by atoms with Gasteiger partial charge in [-0.1, -0.05) is 24.3 Å². The Morgan fingerprint density at radius 3 is 2.95 bits per heavy atom. The molecule has 0 saturated carbocycles. The van der Waals surface area contributed by atoms with E-state index < -0.39 is 0 Å². The van der Waals surface area contributed by atoms with Crippen LogP contribution in [-0.4, -0.2) is 21.8 Å². The maximum absolute atomic E-state index is 5.94. The van der Waals surface area contributed by atoms with E-state index in [1.807, 2.05) is 12.5 Å². The first-order valence-corrected chi connectivity index (χ1v) is 6.91. The molecule has 2 aromatic rings. The summed E-state index contributed by atoms with van der Waals surface area (Å²) in [4.78, 5) is 4.32. The molecule has 3 heterocycles. The van der Waals surface area contributed by atoms with E-state index in [0.717, 1.165) is 13.0 Å². The van der Waals surface area contributed by atoms with Crippen LogP contribution in [0.2, 0.25) is 0 Å². The third-order valence-electron chi connectivity index (χ3n) is 4.41. The number of benzene rings is 1. The molecule has 0 N–H and O–H groups in total. The molecular formula is C16H18N2O. The van der Waals surface area contributed by atoms with Crippen LogP contribution in [0.15, 0.2) is 36.8 Å². The second-order valence-electron chi connectivity index (χ2n) is 6.25. The van der Waals surface area contributed by atoms with Gasteiger partial charge in [-0.2, -0.15) is 0 Å². The molecule has 19 heavy (non-hydrogen) atoms. The molecule has 3 nitrogen and oxygen atoms in total. The fourth-order valence-corrected chi connectivity index (χ4v) is 3.64. The van der Waals surface area contributed by atoms with E-state index in [9.17, 15) is 0 Å². The van der Waals surface area contributed by atoms with Crippen LogP contribution >= 0.6 is 0 Å². The van der Waals surface area contributed by atoms with Crippen molar-refractivity contribution in [2.45, 2.75) is 31.9 Å². The Labute approximate surface area is 113 Å². The standard InChI is InChI=1S/C16H18N2O/c1-16(2)7-11(9-19-16)15-13-6-4-3-5-12(13)14-8-17-10-18(14)15/h3-6,8,10-11,15H,7,9H2,1-2H3/t11-,15-/m1/s1. The summed E-state index contributed by atoms with van der Waals surface area (Å²) in [6.45, 7) is 5.20. The van der Waals surface area contributed by atoms with E-state index in [-0.39, 0.29) is 5.60 Å². The van der Waals surface area contributed by atoms with Crippen molar-refractivity contribution >= 4 is 0 Å². The number of rotatable bonds is 1. The van der Waals surface area contributed by atoms with Crippen LogP contribution in [0, 0.1) is 5.92 Å². The van der Waals surface area contributed by atoms with Crippen molar-refractivity contribution in [1.29, 1.82) is 0 Å². The fourth-order valence-electron chi connectivity index (χ4n) is 3.64. The van der Waals surface area contributed by atoms with Gasteiger partial charge in [-0.15, -0.1) is 0 Å². The van der Waals surface area contributed by atoms with Crippen molar-refractivity contribution in [1.82, 2.24) is 9.55 Å². The Bertz CT molecular complexity index is 629. The zero-order chi connectivity index (χ0) is 13.0. The topological polar surface area (TPSA) is 27.1 Å². The van der Waals surface area contributed by atoms with E-state index in [2.05, 4.69) is 47.7 Å². The third-order valence-corrected chi connectivity index (χ3v) is 4.41. The van der Waals surface area contributed by atoms with E-state index >= 15 is 0 Å². The summed E-state index contributed by atoms with van der Waals surface area (Å²) in [6, 6.07) is 9.07. The van der Waals surface area contributed by atoms with Crippen LogP contribution in [-0.2, 0) is 4.74 Å². The van der Waals surface area contributed by atoms with Gasteiger partial charge in [0.2, 0.25) is 0 Å². The minimum absolute atomic E-state index is 0.00292. The first kappa shape index (κ1) is 11.2. The van der Waals surface area contributed by atoms with Crippen LogP contribution in [0.4, 0.5) is 0 Å². The Balaban J connectivity index is 1.81. The summed E-state index contributed by atoms with van der Waals surface area (Å²) < 4.78 is 8.26. The highest BCUT2D eigenvalue weighted by molar-refractivity contribution is 5.69. The van der Waals surface area contributed by atoms with Crippen molar-refractivity contribution in [2.75, 3.05) is 6.61 Å². The van der Waals surface area contributed by atoms with E-state index in [1.165, 1.54) is 16.8 Å². The molecule has 0 bridgehead atoms. The summed E-state index contributed by atoms with van der Waals surface area (Å²) in [5.41, 5.74) is 3.99. The van der Waals surface area contributed by atoms with Crippen LogP contribution in [0.5, 0.6) is 0 Å². The summed E-state index contributed by atoms with van der Waals surface area (Å²) in [7, 11) is 0. The molecule has 3 heteroatoms. The average Bonchev–Trinajstić information content (AvgIpc) is 3.03. The zero-order valence-corrected chi connectivity index (χ0v) is 11.3. The number of fused-ring (bicyclic) bond motifs is 3. The molecule has 0 unspecified atom stereocenters. The molecule has 0 spiro atoms. The number of aromatic nitrogens is 2. The summed E-state index contributed by atoms with van der Waals surface area (Å²) >= 11 is 0. The molecule has 98 valence electrons. The highest BCUT2D eigenvalue weighted by Gasteiger charge is 2.41. The molecular weight excluding hydrogens is 236 g/mol.